The summed E-state index contributed by atoms with van der Waals surface area (Å²) in [4.78, 5) is 16.4. The van der Waals surface area contributed by atoms with Gasteiger partial charge in [-0.1, -0.05) is 27.5 Å². The Morgan fingerprint density at radius 2 is 2.16 bits per heavy atom. The third-order valence-corrected chi connectivity index (χ3v) is 3.28. The maximum atomic E-state index is 12.4. The Balaban J connectivity index is 2.38. The highest BCUT2D eigenvalue weighted by Crippen LogP contribution is 2.24. The maximum Gasteiger partial charge on any atom is 0.196 e. The Bertz CT molecular complexity index is 616. The number of ether oxygens (including phenoxy) is 1. The molecule has 19 heavy (non-hydrogen) atoms. The Kier molecular flexibility index (Phi) is 4.56. The minimum atomic E-state index is -0.180. The normalized spacial score (nSPS) is 10.3. The van der Waals surface area contributed by atoms with Gasteiger partial charge in [-0.05, 0) is 31.2 Å². The summed E-state index contributed by atoms with van der Waals surface area (Å²) in [5, 5.41) is 0.412. The first-order chi connectivity index (χ1) is 9.11. The van der Waals surface area contributed by atoms with Crippen LogP contribution in [0.3, 0.4) is 0 Å². The summed E-state index contributed by atoms with van der Waals surface area (Å²) < 4.78 is 6.13. The van der Waals surface area contributed by atoms with Crippen LogP contribution < -0.4 is 4.74 Å². The van der Waals surface area contributed by atoms with Crippen LogP contribution in [0.15, 0.2) is 41.1 Å². The summed E-state index contributed by atoms with van der Waals surface area (Å²) in [6, 6.07) is 6.82. The van der Waals surface area contributed by atoms with E-state index < -0.39 is 0 Å². The standard InChI is InChI=1S/C14H11BrClNO2/c1-2-19-11-5-9(7-17-8-11)14(18)12-6-10(15)3-4-13(12)16/h3-8H,2H2,1H3. The zero-order valence-electron chi connectivity index (χ0n) is 10.2. The largest absolute Gasteiger partial charge is 0.492 e. The second-order valence-electron chi connectivity index (χ2n) is 3.80. The molecule has 0 bridgehead atoms. The Morgan fingerprint density at radius 3 is 2.89 bits per heavy atom. The van der Waals surface area contributed by atoms with Gasteiger partial charge in [-0.25, -0.2) is 0 Å². The van der Waals surface area contributed by atoms with E-state index in [4.69, 9.17) is 16.3 Å². The summed E-state index contributed by atoms with van der Waals surface area (Å²) in [6.07, 6.45) is 3.07. The molecule has 0 spiro atoms. The van der Waals surface area contributed by atoms with E-state index in [0.29, 0.717) is 28.5 Å². The summed E-state index contributed by atoms with van der Waals surface area (Å²) in [7, 11) is 0. The lowest BCUT2D eigenvalue weighted by Crippen LogP contribution is -2.04. The number of halogens is 2. The van der Waals surface area contributed by atoms with E-state index in [2.05, 4.69) is 20.9 Å². The Labute approximate surface area is 124 Å². The molecule has 3 nitrogen and oxygen atoms in total. The molecule has 0 saturated carbocycles. The molecule has 0 aliphatic carbocycles. The van der Waals surface area contributed by atoms with Crippen LogP contribution >= 0.6 is 27.5 Å². The molecular formula is C14H11BrClNO2. The fraction of sp³-hybridized carbons (Fsp3) is 0.143. The van der Waals surface area contributed by atoms with Gasteiger partial charge in [-0.3, -0.25) is 9.78 Å². The zero-order chi connectivity index (χ0) is 13.8. The molecule has 1 aromatic carbocycles. The van der Waals surface area contributed by atoms with Crippen molar-refractivity contribution in [2.75, 3.05) is 6.61 Å². The molecule has 0 saturated heterocycles. The van der Waals surface area contributed by atoms with Crippen LogP contribution in [-0.4, -0.2) is 17.4 Å². The van der Waals surface area contributed by atoms with Gasteiger partial charge < -0.3 is 4.74 Å². The van der Waals surface area contributed by atoms with Gasteiger partial charge in [0.15, 0.2) is 5.78 Å². The van der Waals surface area contributed by atoms with Crippen molar-refractivity contribution in [2.24, 2.45) is 0 Å². The van der Waals surface area contributed by atoms with E-state index in [0.717, 1.165) is 4.47 Å². The van der Waals surface area contributed by atoms with E-state index >= 15 is 0 Å². The number of nitrogens with zero attached hydrogens (tertiary/aromatic N) is 1. The van der Waals surface area contributed by atoms with E-state index in [-0.39, 0.29) is 5.78 Å². The molecule has 0 N–H and O–H groups in total. The van der Waals surface area contributed by atoms with Crippen LogP contribution in [0.4, 0.5) is 0 Å². The lowest BCUT2D eigenvalue weighted by Gasteiger charge is -2.06. The van der Waals surface area contributed by atoms with Crippen LogP contribution in [0.25, 0.3) is 0 Å². The first-order valence-electron chi connectivity index (χ1n) is 5.69. The molecule has 2 rings (SSSR count). The molecule has 0 aliphatic rings. The SMILES string of the molecule is CCOc1cncc(C(=O)c2cc(Br)ccc2Cl)c1. The second kappa shape index (κ2) is 6.17. The summed E-state index contributed by atoms with van der Waals surface area (Å²) in [5.41, 5.74) is 0.887. The van der Waals surface area contributed by atoms with Crippen LogP contribution in [0.2, 0.25) is 5.02 Å². The van der Waals surface area contributed by atoms with Crippen LogP contribution in [0.5, 0.6) is 5.75 Å². The van der Waals surface area contributed by atoms with Gasteiger partial charge in [-0.15, -0.1) is 0 Å². The molecule has 1 aromatic heterocycles. The zero-order valence-corrected chi connectivity index (χ0v) is 12.5. The van der Waals surface area contributed by atoms with Crippen molar-refractivity contribution >= 4 is 33.3 Å². The highest BCUT2D eigenvalue weighted by Gasteiger charge is 2.14. The average Bonchev–Trinajstić information content (AvgIpc) is 2.41. The highest BCUT2D eigenvalue weighted by molar-refractivity contribution is 9.10. The van der Waals surface area contributed by atoms with Crippen molar-refractivity contribution in [1.82, 2.24) is 4.98 Å². The lowest BCUT2D eigenvalue weighted by atomic mass is 10.1. The number of benzene rings is 1. The summed E-state index contributed by atoms with van der Waals surface area (Å²) >= 11 is 9.37. The van der Waals surface area contributed by atoms with Gasteiger partial charge in [0, 0.05) is 21.8 Å². The number of aromatic nitrogens is 1. The molecule has 2 aromatic rings. The van der Waals surface area contributed by atoms with Gasteiger partial charge in [0.1, 0.15) is 5.75 Å². The number of rotatable bonds is 4. The number of carbonyl (C=O) groups is 1. The van der Waals surface area contributed by atoms with E-state index in [1.807, 2.05) is 6.92 Å². The predicted molar refractivity (Wildman–Crippen MR) is 78.0 cm³/mol. The molecule has 0 unspecified atom stereocenters. The first-order valence-corrected chi connectivity index (χ1v) is 6.86. The van der Waals surface area contributed by atoms with Crippen molar-refractivity contribution in [1.29, 1.82) is 0 Å². The predicted octanol–water partition coefficient (Wildman–Crippen LogP) is 4.13. The smallest absolute Gasteiger partial charge is 0.196 e. The van der Waals surface area contributed by atoms with E-state index in [1.165, 1.54) is 6.20 Å². The molecule has 1 heterocycles. The van der Waals surface area contributed by atoms with Gasteiger partial charge in [-0.2, -0.15) is 0 Å². The number of hydrogen-bond acceptors (Lipinski definition) is 3. The average molecular weight is 341 g/mol. The lowest BCUT2D eigenvalue weighted by molar-refractivity contribution is 0.103. The highest BCUT2D eigenvalue weighted by atomic mass is 79.9. The summed E-state index contributed by atoms with van der Waals surface area (Å²) in [6.45, 7) is 2.40. The third-order valence-electron chi connectivity index (χ3n) is 2.46. The Hall–Kier alpha value is -1.39. The number of pyridine rings is 1. The molecule has 0 fully saturated rings. The fourth-order valence-electron chi connectivity index (χ4n) is 1.62. The summed E-state index contributed by atoms with van der Waals surface area (Å²) in [5.74, 6) is 0.389. The first kappa shape index (κ1) is 14.0. The topological polar surface area (TPSA) is 39.2 Å². The van der Waals surface area contributed by atoms with Gasteiger partial charge in [0.05, 0.1) is 17.8 Å². The fourth-order valence-corrected chi connectivity index (χ4v) is 2.18. The van der Waals surface area contributed by atoms with Gasteiger partial charge in [0.2, 0.25) is 0 Å². The molecule has 0 aliphatic heterocycles. The van der Waals surface area contributed by atoms with Crippen molar-refractivity contribution in [3.05, 3.63) is 57.3 Å². The molecular weight excluding hydrogens is 330 g/mol. The minimum absolute atomic E-state index is 0.180. The maximum absolute atomic E-state index is 12.4. The van der Waals surface area contributed by atoms with Crippen LogP contribution in [0.1, 0.15) is 22.8 Å². The van der Waals surface area contributed by atoms with Crippen LogP contribution in [0, 0.1) is 0 Å². The van der Waals surface area contributed by atoms with Crippen molar-refractivity contribution in [2.45, 2.75) is 6.92 Å². The third kappa shape index (κ3) is 3.33. The van der Waals surface area contributed by atoms with E-state index in [9.17, 15) is 4.79 Å². The monoisotopic (exact) mass is 339 g/mol. The Morgan fingerprint density at radius 1 is 1.37 bits per heavy atom. The molecule has 0 radical (unpaired) electrons. The molecule has 5 heteroatoms. The van der Waals surface area contributed by atoms with Crippen molar-refractivity contribution in [3.8, 4) is 5.75 Å². The van der Waals surface area contributed by atoms with Crippen LogP contribution in [-0.2, 0) is 0 Å². The van der Waals surface area contributed by atoms with Crippen molar-refractivity contribution < 1.29 is 9.53 Å². The number of hydrogen-bond donors (Lipinski definition) is 0. The van der Waals surface area contributed by atoms with Gasteiger partial charge >= 0.3 is 0 Å². The van der Waals surface area contributed by atoms with Crippen molar-refractivity contribution in [3.63, 3.8) is 0 Å². The molecule has 0 amide bonds. The molecule has 0 atom stereocenters. The van der Waals surface area contributed by atoms with E-state index in [1.54, 1.807) is 30.5 Å². The minimum Gasteiger partial charge on any atom is -0.492 e. The second-order valence-corrected chi connectivity index (χ2v) is 5.12. The number of ketones is 1. The molecule has 98 valence electrons. The quantitative estimate of drug-likeness (QED) is 0.786. The van der Waals surface area contributed by atoms with Gasteiger partial charge in [0.25, 0.3) is 0 Å². The number of carbonyl (C=O) groups excluding carboxylic acids is 1.